The van der Waals surface area contributed by atoms with Crippen LogP contribution in [-0.4, -0.2) is 31.2 Å². The molecular weight excluding hydrogens is 472 g/mol. The Hall–Kier alpha value is -4.16. The van der Waals surface area contributed by atoms with E-state index in [0.29, 0.717) is 0 Å². The summed E-state index contributed by atoms with van der Waals surface area (Å²) >= 11 is 0. The first-order valence-electron chi connectivity index (χ1n) is 13.0. The van der Waals surface area contributed by atoms with Crippen LogP contribution in [0.3, 0.4) is 0 Å². The number of nitrogens with one attached hydrogen (secondary N) is 1. The van der Waals surface area contributed by atoms with Gasteiger partial charge in [-0.25, -0.2) is 4.57 Å². The third-order valence-corrected chi connectivity index (χ3v) is 7.34. The molecule has 38 heavy (non-hydrogen) atoms. The summed E-state index contributed by atoms with van der Waals surface area (Å²) in [5, 5.41) is 2.94. The van der Waals surface area contributed by atoms with Gasteiger partial charge in [-0.15, -0.1) is 0 Å². The van der Waals surface area contributed by atoms with Gasteiger partial charge in [0, 0.05) is 48.8 Å². The Morgan fingerprint density at radius 3 is 2.50 bits per heavy atom. The first kappa shape index (κ1) is 25.5. The number of anilines is 2. The van der Waals surface area contributed by atoms with Crippen molar-refractivity contribution in [1.82, 2.24) is 4.57 Å². The Kier molecular flexibility index (Phi) is 6.91. The van der Waals surface area contributed by atoms with Crippen LogP contribution >= 0.6 is 0 Å². The smallest absolute Gasteiger partial charge is 0.287 e. The van der Waals surface area contributed by atoms with E-state index in [9.17, 15) is 4.79 Å². The molecule has 1 aliphatic rings. The number of carbonyl (C=O) groups is 1. The van der Waals surface area contributed by atoms with Crippen LogP contribution in [0.2, 0.25) is 0 Å². The van der Waals surface area contributed by atoms with Crippen LogP contribution in [0.15, 0.2) is 90.6 Å². The van der Waals surface area contributed by atoms with E-state index in [4.69, 9.17) is 4.74 Å². The number of rotatable bonds is 7. The highest BCUT2D eigenvalue weighted by Gasteiger charge is 2.37. The van der Waals surface area contributed by atoms with E-state index >= 15 is 0 Å². The van der Waals surface area contributed by atoms with Gasteiger partial charge in [0.15, 0.2) is 11.0 Å². The van der Waals surface area contributed by atoms with Crippen molar-refractivity contribution in [3.63, 3.8) is 0 Å². The largest absolute Gasteiger partial charge is 0.375 e. The number of methoxy groups -OCH3 is 1. The van der Waals surface area contributed by atoms with Crippen LogP contribution in [0.4, 0.5) is 11.4 Å². The summed E-state index contributed by atoms with van der Waals surface area (Å²) in [5.41, 5.74) is 7.71. The molecule has 0 saturated heterocycles. The number of allylic oxidation sites excluding steroid dienone is 3. The zero-order valence-corrected chi connectivity index (χ0v) is 22.7. The monoisotopic (exact) mass is 507 g/mol. The number of aryl methyl sites for hydroxylation is 1. The molecular formula is C32H35N4O2+. The summed E-state index contributed by atoms with van der Waals surface area (Å²) in [7, 11) is 3.66. The van der Waals surface area contributed by atoms with E-state index in [-0.39, 0.29) is 17.9 Å². The van der Waals surface area contributed by atoms with Gasteiger partial charge >= 0.3 is 0 Å². The molecule has 1 amide bonds. The fourth-order valence-corrected chi connectivity index (χ4v) is 5.57. The molecule has 1 aliphatic heterocycles. The summed E-state index contributed by atoms with van der Waals surface area (Å²) in [6.45, 7) is 7.50. The topological polar surface area (TPSA) is 50.4 Å². The molecule has 6 nitrogen and oxygen atoms in total. The van der Waals surface area contributed by atoms with Gasteiger partial charge in [0.2, 0.25) is 5.91 Å². The van der Waals surface area contributed by atoms with Crippen molar-refractivity contribution in [1.29, 1.82) is 0 Å². The van der Waals surface area contributed by atoms with Crippen molar-refractivity contribution in [2.75, 3.05) is 31.0 Å². The lowest BCUT2D eigenvalue weighted by Crippen LogP contribution is -2.35. The predicted octanol–water partition coefficient (Wildman–Crippen LogP) is 5.85. The number of fused-ring (bicyclic) bond motifs is 2. The van der Waals surface area contributed by atoms with Gasteiger partial charge in [-0.2, -0.15) is 4.57 Å². The minimum atomic E-state index is -0.173. The Labute approximate surface area is 224 Å². The highest BCUT2D eigenvalue weighted by atomic mass is 16.5. The number of imidazole rings is 1. The second-order valence-corrected chi connectivity index (χ2v) is 10.1. The molecule has 0 spiro atoms. The maximum atomic E-state index is 12.2. The highest BCUT2D eigenvalue weighted by molar-refractivity contribution is 5.93. The summed E-state index contributed by atoms with van der Waals surface area (Å²) in [4.78, 5) is 14.4. The van der Waals surface area contributed by atoms with Crippen LogP contribution < -0.4 is 14.8 Å². The van der Waals surface area contributed by atoms with Crippen molar-refractivity contribution in [3.8, 4) is 5.69 Å². The quantitative estimate of drug-likeness (QED) is 0.320. The molecule has 0 unspecified atom stereocenters. The zero-order chi connectivity index (χ0) is 26.9. The number of hydrogen-bond donors (Lipinski definition) is 1. The SMILES string of the molecule is CC[n+]1c(C=CC=C2N(C)c3ccccc3C2(C)C)n(-c2ccccc2)c2ccc(NC(=O)COC)cc21. The molecule has 0 atom stereocenters. The summed E-state index contributed by atoms with van der Waals surface area (Å²) < 4.78 is 9.53. The number of benzene rings is 3. The molecule has 0 radical (unpaired) electrons. The molecule has 0 saturated carbocycles. The third-order valence-electron chi connectivity index (χ3n) is 7.34. The minimum absolute atomic E-state index is 0.0220. The van der Waals surface area contributed by atoms with Crippen molar-refractivity contribution in [2.45, 2.75) is 32.7 Å². The highest BCUT2D eigenvalue weighted by Crippen LogP contribution is 2.46. The first-order valence-corrected chi connectivity index (χ1v) is 13.0. The van der Waals surface area contributed by atoms with Crippen molar-refractivity contribution < 1.29 is 14.1 Å². The van der Waals surface area contributed by atoms with Crippen LogP contribution in [0.25, 0.3) is 22.8 Å². The van der Waals surface area contributed by atoms with Gasteiger partial charge in [0.1, 0.15) is 12.3 Å². The molecule has 0 fully saturated rings. The molecule has 0 aliphatic carbocycles. The van der Waals surface area contributed by atoms with Gasteiger partial charge in [0.25, 0.3) is 5.82 Å². The van der Waals surface area contributed by atoms with Crippen LogP contribution in [0, 0.1) is 0 Å². The molecule has 3 aromatic carbocycles. The summed E-state index contributed by atoms with van der Waals surface area (Å²) in [5.74, 6) is 0.885. The number of likely N-dealkylation sites (N-methyl/N-ethyl adjacent to an activating group) is 1. The normalized spacial score (nSPS) is 15.5. The number of para-hydroxylation sites is 2. The summed E-state index contributed by atoms with van der Waals surface area (Å²) in [6.07, 6.45) is 6.56. The number of nitrogens with zero attached hydrogens (tertiary/aromatic N) is 3. The number of hydrogen-bond acceptors (Lipinski definition) is 3. The van der Waals surface area contributed by atoms with E-state index in [1.54, 1.807) is 0 Å². The predicted molar refractivity (Wildman–Crippen MR) is 155 cm³/mol. The fourth-order valence-electron chi connectivity index (χ4n) is 5.57. The molecule has 4 aromatic rings. The maximum Gasteiger partial charge on any atom is 0.287 e. The molecule has 2 heterocycles. The van der Waals surface area contributed by atoms with E-state index in [1.165, 1.54) is 24.1 Å². The average molecular weight is 508 g/mol. The molecule has 0 bridgehead atoms. The maximum absolute atomic E-state index is 12.2. The van der Waals surface area contributed by atoms with Gasteiger partial charge in [-0.1, -0.05) is 56.3 Å². The Morgan fingerprint density at radius 1 is 1.05 bits per heavy atom. The van der Waals surface area contributed by atoms with E-state index in [0.717, 1.165) is 34.8 Å². The summed E-state index contributed by atoms with van der Waals surface area (Å²) in [6, 6.07) is 25.0. The standard InChI is InChI=1S/C32H34N4O2/c1-6-35-28-21-23(33-30(37)22-38-5)19-20-27(28)36(24-13-8-7-9-14-24)31(35)18-12-17-29-32(2,3)25-15-10-11-16-26(25)34(29)4/h7-21H,6,22H2,1-5H3/p+1. The van der Waals surface area contributed by atoms with Crippen LogP contribution in [0.5, 0.6) is 0 Å². The Bertz CT molecular complexity index is 1550. The average Bonchev–Trinajstić information content (AvgIpc) is 3.33. The lowest BCUT2D eigenvalue weighted by atomic mass is 9.84. The van der Waals surface area contributed by atoms with Crippen LogP contribution in [0.1, 0.15) is 32.2 Å². The van der Waals surface area contributed by atoms with Crippen molar-refractivity contribution in [2.24, 2.45) is 0 Å². The molecule has 1 N–H and O–H groups in total. The van der Waals surface area contributed by atoms with Crippen molar-refractivity contribution in [3.05, 3.63) is 102 Å². The lowest BCUT2D eigenvalue weighted by molar-refractivity contribution is -0.670. The third kappa shape index (κ3) is 4.41. The molecule has 194 valence electrons. The Balaban J connectivity index is 1.62. The van der Waals surface area contributed by atoms with Gasteiger partial charge in [-0.3, -0.25) is 4.79 Å². The van der Waals surface area contributed by atoms with E-state index in [1.807, 2.05) is 18.2 Å². The van der Waals surface area contributed by atoms with E-state index in [2.05, 4.69) is 120 Å². The number of aromatic nitrogens is 2. The lowest BCUT2D eigenvalue weighted by Gasteiger charge is -2.23. The minimum Gasteiger partial charge on any atom is -0.375 e. The molecule has 6 heteroatoms. The molecule has 5 rings (SSSR count). The molecule has 1 aromatic heterocycles. The fraction of sp³-hybridized carbons (Fsp3) is 0.250. The van der Waals surface area contributed by atoms with Gasteiger partial charge in [0.05, 0.1) is 6.54 Å². The van der Waals surface area contributed by atoms with Crippen molar-refractivity contribution >= 4 is 34.4 Å². The van der Waals surface area contributed by atoms with E-state index < -0.39 is 0 Å². The number of ether oxygens (including phenoxy) is 1. The second-order valence-electron chi connectivity index (χ2n) is 10.1. The Morgan fingerprint density at radius 2 is 1.79 bits per heavy atom. The first-order chi connectivity index (χ1) is 18.4. The van der Waals surface area contributed by atoms with Gasteiger partial charge < -0.3 is 15.0 Å². The van der Waals surface area contributed by atoms with Gasteiger partial charge in [-0.05, 0) is 48.9 Å². The second kappa shape index (κ2) is 10.3. The van der Waals surface area contributed by atoms with Crippen LogP contribution in [-0.2, 0) is 21.5 Å². The number of carbonyl (C=O) groups excluding carboxylic acids is 1. The number of amides is 1. The zero-order valence-electron chi connectivity index (χ0n) is 22.7.